The van der Waals surface area contributed by atoms with Crippen LogP contribution in [-0.4, -0.2) is 12.6 Å². The van der Waals surface area contributed by atoms with Gasteiger partial charge in [0.15, 0.2) is 0 Å². The summed E-state index contributed by atoms with van der Waals surface area (Å²) in [5.74, 6) is 0. The Morgan fingerprint density at radius 3 is 2.90 bits per heavy atom. The average molecular weight is 159 g/mol. The van der Waals surface area contributed by atoms with Gasteiger partial charge in [0, 0.05) is 17.6 Å². The zero-order valence-electron chi connectivity index (χ0n) is 6.02. The number of halogens is 1. The monoisotopic (exact) mass is 158 g/mol. The molecule has 0 heterocycles. The molecule has 2 nitrogen and oxygen atoms in total. The number of nitrogens with zero attached hydrogens (tertiary/aromatic N) is 1. The van der Waals surface area contributed by atoms with Crippen LogP contribution in [0.15, 0.2) is 11.6 Å². The lowest BCUT2D eigenvalue weighted by Crippen LogP contribution is -2.26. The van der Waals surface area contributed by atoms with Crippen molar-refractivity contribution in [3.8, 4) is 6.07 Å². The van der Waals surface area contributed by atoms with E-state index in [0.29, 0.717) is 18.0 Å². The van der Waals surface area contributed by atoms with Crippen LogP contribution >= 0.6 is 11.6 Å². The number of rotatable bonds is 4. The molecule has 3 heteroatoms. The van der Waals surface area contributed by atoms with E-state index in [0.717, 1.165) is 0 Å². The number of hydrogen-bond donors (Lipinski definition) is 1. The third-order valence-electron chi connectivity index (χ3n) is 1.04. The molecule has 0 aliphatic heterocycles. The molecule has 0 amide bonds. The second kappa shape index (κ2) is 5.28. The van der Waals surface area contributed by atoms with Gasteiger partial charge in [-0.25, -0.2) is 0 Å². The van der Waals surface area contributed by atoms with Crippen LogP contribution in [0, 0.1) is 11.3 Å². The Labute approximate surface area is 66.5 Å². The molecule has 10 heavy (non-hydrogen) atoms. The van der Waals surface area contributed by atoms with Gasteiger partial charge in [-0.1, -0.05) is 18.2 Å². The largest absolute Gasteiger partial charge is 0.308 e. The Kier molecular flexibility index (Phi) is 5.00. The summed E-state index contributed by atoms with van der Waals surface area (Å²) in [6.07, 6.45) is 0.504. The van der Waals surface area contributed by atoms with Crippen LogP contribution in [0.25, 0.3) is 0 Å². The first-order valence-corrected chi connectivity index (χ1v) is 3.48. The van der Waals surface area contributed by atoms with Crippen LogP contribution in [0.4, 0.5) is 0 Å². The molecule has 0 aliphatic rings. The van der Waals surface area contributed by atoms with E-state index in [1.165, 1.54) is 0 Å². The van der Waals surface area contributed by atoms with Crippen molar-refractivity contribution in [2.75, 3.05) is 6.54 Å². The van der Waals surface area contributed by atoms with Gasteiger partial charge < -0.3 is 5.32 Å². The van der Waals surface area contributed by atoms with E-state index in [-0.39, 0.29) is 6.04 Å². The third-order valence-corrected chi connectivity index (χ3v) is 1.17. The Morgan fingerprint density at radius 1 is 1.90 bits per heavy atom. The van der Waals surface area contributed by atoms with Gasteiger partial charge in [0.1, 0.15) is 0 Å². The van der Waals surface area contributed by atoms with Crippen molar-refractivity contribution < 1.29 is 0 Å². The maximum Gasteiger partial charge on any atom is 0.0638 e. The van der Waals surface area contributed by atoms with E-state index in [4.69, 9.17) is 16.9 Å². The van der Waals surface area contributed by atoms with Crippen LogP contribution in [0.1, 0.15) is 13.3 Å². The van der Waals surface area contributed by atoms with Gasteiger partial charge in [-0.2, -0.15) is 5.26 Å². The molecule has 0 rings (SSSR count). The summed E-state index contributed by atoms with van der Waals surface area (Å²) in [6, 6.07) is 2.25. The van der Waals surface area contributed by atoms with E-state index < -0.39 is 0 Å². The average Bonchev–Trinajstić information content (AvgIpc) is 1.85. The lowest BCUT2D eigenvalue weighted by molar-refractivity contribution is 0.592. The van der Waals surface area contributed by atoms with Crippen molar-refractivity contribution in [3.63, 3.8) is 0 Å². The topological polar surface area (TPSA) is 35.8 Å². The highest BCUT2D eigenvalue weighted by atomic mass is 35.5. The van der Waals surface area contributed by atoms with Gasteiger partial charge in [0.2, 0.25) is 0 Å². The van der Waals surface area contributed by atoms with Crippen molar-refractivity contribution in [1.29, 1.82) is 5.26 Å². The fourth-order valence-electron chi connectivity index (χ4n) is 0.494. The first-order valence-electron chi connectivity index (χ1n) is 3.10. The minimum absolute atomic E-state index is 0.195. The maximum atomic E-state index is 8.26. The molecular weight excluding hydrogens is 148 g/mol. The molecule has 0 saturated carbocycles. The number of nitrogens with one attached hydrogen (secondary N) is 1. The van der Waals surface area contributed by atoms with E-state index in [9.17, 15) is 0 Å². The third kappa shape index (κ3) is 5.61. The lowest BCUT2D eigenvalue weighted by Gasteiger charge is -2.07. The van der Waals surface area contributed by atoms with Crippen molar-refractivity contribution in [3.05, 3.63) is 11.6 Å². The predicted octanol–water partition coefficient (Wildman–Crippen LogP) is 1.63. The van der Waals surface area contributed by atoms with Crippen molar-refractivity contribution >= 4 is 11.6 Å². The Bertz CT molecular complexity index is 148. The van der Waals surface area contributed by atoms with Crippen molar-refractivity contribution in [2.24, 2.45) is 0 Å². The molecule has 1 unspecified atom stereocenters. The van der Waals surface area contributed by atoms with E-state index in [2.05, 4.69) is 18.0 Å². The van der Waals surface area contributed by atoms with Gasteiger partial charge in [0.25, 0.3) is 0 Å². The first-order chi connectivity index (χ1) is 4.66. The molecule has 1 N–H and O–H groups in total. The highest BCUT2D eigenvalue weighted by molar-refractivity contribution is 6.29. The quantitative estimate of drug-likeness (QED) is 0.675. The lowest BCUT2D eigenvalue weighted by atomic mass is 10.2. The van der Waals surface area contributed by atoms with Gasteiger partial charge >= 0.3 is 0 Å². The summed E-state index contributed by atoms with van der Waals surface area (Å²) in [6.45, 7) is 6.01. The second-order valence-electron chi connectivity index (χ2n) is 2.16. The van der Waals surface area contributed by atoms with Crippen LogP contribution in [-0.2, 0) is 0 Å². The summed E-state index contributed by atoms with van der Waals surface area (Å²) in [7, 11) is 0. The summed E-state index contributed by atoms with van der Waals surface area (Å²) in [5, 5.41) is 11.9. The maximum absolute atomic E-state index is 8.26. The SMILES string of the molecule is C=C(Cl)CNC(C)CC#N. The number of hydrogen-bond acceptors (Lipinski definition) is 2. The standard InChI is InChI=1S/C7H11ClN2/c1-6(8)5-10-7(2)3-4-9/h7,10H,1,3,5H2,2H3. The Balaban J connectivity index is 3.32. The van der Waals surface area contributed by atoms with Gasteiger partial charge in [-0.3, -0.25) is 0 Å². The van der Waals surface area contributed by atoms with Gasteiger partial charge in [-0.15, -0.1) is 0 Å². The minimum Gasteiger partial charge on any atom is -0.308 e. The molecule has 0 aromatic rings. The first kappa shape index (κ1) is 9.48. The Hall–Kier alpha value is -0.520. The molecule has 1 atom stereocenters. The second-order valence-corrected chi connectivity index (χ2v) is 2.70. The molecule has 0 aromatic carbocycles. The molecule has 0 radical (unpaired) electrons. The fourth-order valence-corrected chi connectivity index (χ4v) is 0.571. The molecular formula is C7H11ClN2. The highest BCUT2D eigenvalue weighted by Crippen LogP contribution is 1.95. The molecule has 0 fully saturated rings. The minimum atomic E-state index is 0.195. The molecule has 0 spiro atoms. The summed E-state index contributed by atoms with van der Waals surface area (Å²) in [5.41, 5.74) is 0. The van der Waals surface area contributed by atoms with Crippen molar-refractivity contribution in [2.45, 2.75) is 19.4 Å². The van der Waals surface area contributed by atoms with Gasteiger partial charge in [0.05, 0.1) is 12.5 Å². The van der Waals surface area contributed by atoms with Crippen molar-refractivity contribution in [1.82, 2.24) is 5.32 Å². The molecule has 0 saturated heterocycles. The fraction of sp³-hybridized carbons (Fsp3) is 0.571. The summed E-state index contributed by atoms with van der Waals surface area (Å²) in [4.78, 5) is 0. The smallest absolute Gasteiger partial charge is 0.0638 e. The van der Waals surface area contributed by atoms with E-state index in [1.54, 1.807) is 0 Å². The zero-order valence-corrected chi connectivity index (χ0v) is 6.78. The van der Waals surface area contributed by atoms with Crippen LogP contribution in [0.5, 0.6) is 0 Å². The molecule has 0 bridgehead atoms. The van der Waals surface area contributed by atoms with E-state index >= 15 is 0 Å². The number of nitriles is 1. The Morgan fingerprint density at radius 2 is 2.50 bits per heavy atom. The molecule has 0 aliphatic carbocycles. The van der Waals surface area contributed by atoms with Crippen LogP contribution in [0.3, 0.4) is 0 Å². The predicted molar refractivity (Wildman–Crippen MR) is 42.7 cm³/mol. The molecule has 0 aromatic heterocycles. The van der Waals surface area contributed by atoms with Gasteiger partial charge in [-0.05, 0) is 6.92 Å². The summed E-state index contributed by atoms with van der Waals surface area (Å²) < 4.78 is 0. The zero-order chi connectivity index (χ0) is 7.98. The highest BCUT2D eigenvalue weighted by Gasteiger charge is 1.98. The van der Waals surface area contributed by atoms with E-state index in [1.807, 2.05) is 6.92 Å². The van der Waals surface area contributed by atoms with Crippen LogP contribution < -0.4 is 5.32 Å². The molecule has 56 valence electrons. The summed E-state index contributed by atoms with van der Waals surface area (Å²) >= 11 is 5.48. The normalized spacial score (nSPS) is 12.1. The van der Waals surface area contributed by atoms with Crippen LogP contribution in [0.2, 0.25) is 0 Å².